The molecule has 0 heterocycles. The third kappa shape index (κ3) is 3.01. The summed E-state index contributed by atoms with van der Waals surface area (Å²) in [5, 5.41) is -1.17. The Hall–Kier alpha value is -1.27. The molecule has 0 aliphatic heterocycles. The van der Waals surface area contributed by atoms with E-state index in [2.05, 4.69) is 15.9 Å². The highest BCUT2D eigenvalue weighted by atomic mass is 79.9. The summed E-state index contributed by atoms with van der Waals surface area (Å²) in [6.07, 6.45) is 0. The number of hydrogen-bond donors (Lipinski definition) is 0. The second-order valence-electron chi connectivity index (χ2n) is 4.14. The normalized spacial score (nSPS) is 12.3. The molecular weight excluding hydrogens is 376 g/mol. The van der Waals surface area contributed by atoms with Crippen LogP contribution in [0.15, 0.2) is 28.7 Å². The van der Waals surface area contributed by atoms with Crippen LogP contribution < -0.4 is 4.74 Å². The molecule has 0 bridgehead atoms. The first-order chi connectivity index (χ1) is 9.86. The zero-order valence-corrected chi connectivity index (χ0v) is 12.9. The molecule has 0 fully saturated rings. The fourth-order valence-electron chi connectivity index (χ4n) is 1.82. The molecule has 1 unspecified atom stereocenters. The predicted octanol–water partition coefficient (Wildman–Crippen LogP) is 5.34. The molecule has 21 heavy (non-hydrogen) atoms. The van der Waals surface area contributed by atoms with Gasteiger partial charge in [-0.1, -0.05) is 6.07 Å². The van der Waals surface area contributed by atoms with Gasteiger partial charge in [-0.15, -0.1) is 11.6 Å². The first-order valence-electron chi connectivity index (χ1n) is 5.67. The first-order valence-corrected chi connectivity index (χ1v) is 6.90. The van der Waals surface area contributed by atoms with E-state index in [1.807, 2.05) is 0 Å². The maximum atomic E-state index is 13.8. The number of benzene rings is 2. The number of hydrogen-bond acceptors (Lipinski definition) is 1. The van der Waals surface area contributed by atoms with E-state index in [-0.39, 0.29) is 21.3 Å². The molecule has 2 aromatic rings. The van der Waals surface area contributed by atoms with Gasteiger partial charge in [0, 0.05) is 17.2 Å². The third-order valence-corrected chi connectivity index (χ3v) is 3.96. The third-order valence-electron chi connectivity index (χ3n) is 2.88. The lowest BCUT2D eigenvalue weighted by atomic mass is 10.0. The number of halogens is 6. The lowest BCUT2D eigenvalue weighted by Crippen LogP contribution is -2.04. The number of ether oxygens (including phenoxy) is 1. The molecule has 0 saturated carbocycles. The van der Waals surface area contributed by atoms with Crippen LogP contribution >= 0.6 is 27.5 Å². The molecule has 2 rings (SSSR count). The Morgan fingerprint density at radius 2 is 1.67 bits per heavy atom. The Morgan fingerprint density at radius 1 is 1.00 bits per heavy atom. The molecule has 7 heteroatoms. The van der Waals surface area contributed by atoms with Gasteiger partial charge in [-0.3, -0.25) is 0 Å². The van der Waals surface area contributed by atoms with Gasteiger partial charge in [0.2, 0.25) is 0 Å². The maximum Gasteiger partial charge on any atom is 0.194 e. The van der Waals surface area contributed by atoms with E-state index in [0.29, 0.717) is 0 Å². The van der Waals surface area contributed by atoms with Gasteiger partial charge in [-0.05, 0) is 28.1 Å². The molecule has 1 atom stereocenters. The quantitative estimate of drug-likeness (QED) is 0.395. The molecule has 1 nitrogen and oxygen atoms in total. The predicted molar refractivity (Wildman–Crippen MR) is 74.7 cm³/mol. The highest BCUT2D eigenvalue weighted by Crippen LogP contribution is 2.39. The van der Waals surface area contributed by atoms with E-state index < -0.39 is 28.6 Å². The van der Waals surface area contributed by atoms with Gasteiger partial charge in [0.1, 0.15) is 11.6 Å². The van der Waals surface area contributed by atoms with Crippen LogP contribution in [-0.4, -0.2) is 7.11 Å². The molecular formula is C14H8BrClF4O. The summed E-state index contributed by atoms with van der Waals surface area (Å²) in [5.74, 6) is -4.84. The molecule has 0 aromatic heterocycles. The van der Waals surface area contributed by atoms with E-state index >= 15 is 0 Å². The van der Waals surface area contributed by atoms with Crippen molar-refractivity contribution in [3.05, 3.63) is 63.1 Å². The first kappa shape index (κ1) is 16.1. The van der Waals surface area contributed by atoms with Gasteiger partial charge in [0.05, 0.1) is 17.0 Å². The monoisotopic (exact) mass is 382 g/mol. The van der Waals surface area contributed by atoms with Gasteiger partial charge >= 0.3 is 0 Å². The smallest absolute Gasteiger partial charge is 0.194 e. The minimum Gasteiger partial charge on any atom is -0.496 e. The summed E-state index contributed by atoms with van der Waals surface area (Å²) < 4.78 is 58.5. The fraction of sp³-hybridized carbons (Fsp3) is 0.143. The van der Waals surface area contributed by atoms with Crippen LogP contribution in [0.3, 0.4) is 0 Å². The van der Waals surface area contributed by atoms with Crippen molar-refractivity contribution in [1.29, 1.82) is 0 Å². The molecule has 0 saturated heterocycles. The average Bonchev–Trinajstić information content (AvgIpc) is 2.46. The second kappa shape index (κ2) is 6.23. The van der Waals surface area contributed by atoms with Gasteiger partial charge in [0.25, 0.3) is 0 Å². The van der Waals surface area contributed by atoms with Crippen LogP contribution in [0.1, 0.15) is 16.5 Å². The molecule has 112 valence electrons. The van der Waals surface area contributed by atoms with Crippen LogP contribution in [0.4, 0.5) is 17.6 Å². The van der Waals surface area contributed by atoms with Gasteiger partial charge in [-0.25, -0.2) is 17.6 Å². The van der Waals surface area contributed by atoms with Crippen molar-refractivity contribution in [2.45, 2.75) is 5.38 Å². The Kier molecular flexibility index (Phi) is 4.78. The topological polar surface area (TPSA) is 9.23 Å². The van der Waals surface area contributed by atoms with Crippen LogP contribution in [0.5, 0.6) is 5.75 Å². The molecule has 2 aromatic carbocycles. The zero-order chi connectivity index (χ0) is 15.7. The number of rotatable bonds is 3. The van der Waals surface area contributed by atoms with E-state index in [1.54, 1.807) is 0 Å². The SMILES string of the molecule is COc1cc(F)c(Br)cc1C(Cl)c1ccc(F)c(F)c1F. The Balaban J connectivity index is 2.57. The van der Waals surface area contributed by atoms with Crippen molar-refractivity contribution < 1.29 is 22.3 Å². The summed E-state index contributed by atoms with van der Waals surface area (Å²) in [7, 11) is 1.29. The average molecular weight is 384 g/mol. The van der Waals surface area contributed by atoms with Crippen molar-refractivity contribution in [2.75, 3.05) is 7.11 Å². The minimum atomic E-state index is -1.61. The summed E-state index contributed by atoms with van der Waals surface area (Å²) in [6, 6.07) is 4.16. The minimum absolute atomic E-state index is 0.0693. The largest absolute Gasteiger partial charge is 0.496 e. The van der Waals surface area contributed by atoms with Gasteiger partial charge in [0.15, 0.2) is 17.5 Å². The van der Waals surface area contributed by atoms with Crippen molar-refractivity contribution >= 4 is 27.5 Å². The molecule has 0 aliphatic carbocycles. The van der Waals surface area contributed by atoms with Crippen LogP contribution in [0.25, 0.3) is 0 Å². The van der Waals surface area contributed by atoms with Crippen LogP contribution in [0.2, 0.25) is 0 Å². The van der Waals surface area contributed by atoms with Gasteiger partial charge in [-0.2, -0.15) is 0 Å². The standard InChI is InChI=1S/C14H8BrClF4O/c1-21-11-5-10(18)8(15)4-7(11)12(16)6-2-3-9(17)14(20)13(6)19/h2-5,12H,1H3. The maximum absolute atomic E-state index is 13.8. The fourth-order valence-corrected chi connectivity index (χ4v) is 2.52. The van der Waals surface area contributed by atoms with Crippen LogP contribution in [-0.2, 0) is 0 Å². The lowest BCUT2D eigenvalue weighted by molar-refractivity contribution is 0.405. The van der Waals surface area contributed by atoms with E-state index in [1.165, 1.54) is 13.2 Å². The molecule has 0 spiro atoms. The summed E-state index contributed by atoms with van der Waals surface area (Å²) in [4.78, 5) is 0. The number of methoxy groups -OCH3 is 1. The number of alkyl halides is 1. The Labute approximate surface area is 131 Å². The second-order valence-corrected chi connectivity index (χ2v) is 5.43. The highest BCUT2D eigenvalue weighted by Gasteiger charge is 2.24. The Morgan fingerprint density at radius 3 is 2.29 bits per heavy atom. The van der Waals surface area contributed by atoms with Crippen molar-refractivity contribution in [3.63, 3.8) is 0 Å². The van der Waals surface area contributed by atoms with E-state index in [4.69, 9.17) is 16.3 Å². The lowest BCUT2D eigenvalue weighted by Gasteiger charge is -2.16. The highest BCUT2D eigenvalue weighted by molar-refractivity contribution is 9.10. The summed E-state index contributed by atoms with van der Waals surface area (Å²) in [6.45, 7) is 0. The van der Waals surface area contributed by atoms with Crippen LogP contribution in [0, 0.1) is 23.3 Å². The molecule has 0 amide bonds. The molecule has 0 aliphatic rings. The van der Waals surface area contributed by atoms with Crippen molar-refractivity contribution in [2.24, 2.45) is 0 Å². The Bertz CT molecular complexity index is 693. The summed E-state index contributed by atoms with van der Waals surface area (Å²) >= 11 is 9.09. The van der Waals surface area contributed by atoms with Gasteiger partial charge < -0.3 is 4.74 Å². The molecule has 0 radical (unpaired) electrons. The van der Waals surface area contributed by atoms with Crippen molar-refractivity contribution in [3.8, 4) is 5.75 Å². The van der Waals surface area contributed by atoms with Crippen molar-refractivity contribution in [1.82, 2.24) is 0 Å². The zero-order valence-electron chi connectivity index (χ0n) is 10.6. The molecule has 0 N–H and O–H groups in total. The van der Waals surface area contributed by atoms with E-state index in [9.17, 15) is 17.6 Å². The van der Waals surface area contributed by atoms with E-state index in [0.717, 1.165) is 18.2 Å². The summed E-state index contributed by atoms with van der Waals surface area (Å²) in [5.41, 5.74) is -0.0512.